The van der Waals surface area contributed by atoms with Crippen molar-refractivity contribution in [3.8, 4) is 0 Å². The van der Waals surface area contributed by atoms with Gasteiger partial charge in [-0.2, -0.15) is 0 Å². The van der Waals surface area contributed by atoms with Crippen molar-refractivity contribution in [3.63, 3.8) is 0 Å². The van der Waals surface area contributed by atoms with Gasteiger partial charge in [0.05, 0.1) is 0 Å². The highest BCUT2D eigenvalue weighted by atomic mass is 32.1. The third-order valence-electron chi connectivity index (χ3n) is 3.68. The molecule has 0 atom stereocenters. The van der Waals surface area contributed by atoms with Gasteiger partial charge in [-0.25, -0.2) is 0 Å². The lowest BCUT2D eigenvalue weighted by Crippen LogP contribution is -2.51. The average Bonchev–Trinajstić information content (AvgIpc) is 2.59. The normalized spacial score (nSPS) is 14.0. The topological polar surface area (TPSA) is 61.4 Å². The number of thiocarbonyl (C=S) groups is 1. The van der Waals surface area contributed by atoms with Gasteiger partial charge in [-0.15, -0.1) is 0 Å². The molecule has 1 aliphatic rings. The maximum absolute atomic E-state index is 11.8. The van der Waals surface area contributed by atoms with E-state index < -0.39 is 11.8 Å². The molecule has 2 amide bonds. The maximum Gasteiger partial charge on any atom is 0.263 e. The Morgan fingerprint density at radius 2 is 1.42 bits per heavy atom. The Balaban J connectivity index is 1.82. The van der Waals surface area contributed by atoms with Crippen molar-refractivity contribution in [1.82, 2.24) is 10.6 Å². The Morgan fingerprint density at radius 1 is 0.875 bits per heavy atom. The van der Waals surface area contributed by atoms with E-state index in [1.54, 1.807) is 6.08 Å². The fourth-order valence-corrected chi connectivity index (χ4v) is 2.55. The molecule has 0 bridgehead atoms. The summed E-state index contributed by atoms with van der Waals surface area (Å²) < 4.78 is 0. The molecule has 1 saturated heterocycles. The first-order valence-corrected chi connectivity index (χ1v) is 7.72. The fourth-order valence-electron chi connectivity index (χ4n) is 2.37. The van der Waals surface area contributed by atoms with Crippen LogP contribution in [-0.4, -0.2) is 24.0 Å². The molecule has 0 radical (unpaired) electrons. The lowest BCUT2D eigenvalue weighted by atomic mass is 10.1. The molecule has 1 fully saturated rings. The smallest absolute Gasteiger partial charge is 0.263 e. The van der Waals surface area contributed by atoms with Crippen LogP contribution in [0.25, 0.3) is 6.08 Å². The molecule has 5 nitrogen and oxygen atoms in total. The van der Waals surface area contributed by atoms with Gasteiger partial charge in [0.2, 0.25) is 0 Å². The van der Waals surface area contributed by atoms with Crippen LogP contribution in [0.5, 0.6) is 0 Å². The fraction of sp³-hybridized carbons (Fsp3) is 0.0556. The number of nitrogens with one attached hydrogen (secondary N) is 2. The average molecular weight is 337 g/mol. The van der Waals surface area contributed by atoms with Gasteiger partial charge >= 0.3 is 0 Å². The van der Waals surface area contributed by atoms with E-state index in [-0.39, 0.29) is 10.7 Å². The molecule has 0 aromatic heterocycles. The highest BCUT2D eigenvalue weighted by Gasteiger charge is 2.25. The lowest BCUT2D eigenvalue weighted by molar-refractivity contribution is -0.123. The van der Waals surface area contributed by atoms with E-state index in [4.69, 9.17) is 12.2 Å². The Kier molecular flexibility index (Phi) is 4.39. The summed E-state index contributed by atoms with van der Waals surface area (Å²) in [5, 5.41) is 4.86. The van der Waals surface area contributed by atoms with E-state index in [0.717, 1.165) is 16.9 Å². The van der Waals surface area contributed by atoms with Crippen LogP contribution in [0.3, 0.4) is 0 Å². The van der Waals surface area contributed by atoms with E-state index in [1.807, 2.05) is 61.6 Å². The van der Waals surface area contributed by atoms with Crippen LogP contribution in [0, 0.1) is 0 Å². The zero-order valence-electron chi connectivity index (χ0n) is 12.9. The van der Waals surface area contributed by atoms with Crippen molar-refractivity contribution in [1.29, 1.82) is 0 Å². The number of hydrogen-bond acceptors (Lipinski definition) is 4. The summed E-state index contributed by atoms with van der Waals surface area (Å²) in [5.74, 6) is -0.983. The van der Waals surface area contributed by atoms with E-state index in [1.165, 1.54) is 0 Å². The van der Waals surface area contributed by atoms with Crippen LogP contribution in [0.1, 0.15) is 5.56 Å². The number of benzene rings is 2. The molecule has 1 aliphatic heterocycles. The summed E-state index contributed by atoms with van der Waals surface area (Å²) in [7, 11) is 1.98. The number of amides is 2. The van der Waals surface area contributed by atoms with Gasteiger partial charge in [0.1, 0.15) is 5.57 Å². The Labute approximate surface area is 145 Å². The van der Waals surface area contributed by atoms with Crippen molar-refractivity contribution in [2.24, 2.45) is 0 Å². The second-order valence-electron chi connectivity index (χ2n) is 5.28. The summed E-state index contributed by atoms with van der Waals surface area (Å²) >= 11 is 4.77. The first-order chi connectivity index (χ1) is 11.5. The SMILES string of the molecule is CN(c1ccccc1)c1ccc(C=C2C(=O)NC(=S)NC2=O)cc1. The van der Waals surface area contributed by atoms with Crippen LogP contribution in [0.4, 0.5) is 11.4 Å². The summed E-state index contributed by atoms with van der Waals surface area (Å²) in [6, 6.07) is 17.6. The van der Waals surface area contributed by atoms with Crippen LogP contribution < -0.4 is 15.5 Å². The Hall–Kier alpha value is -2.99. The molecule has 2 N–H and O–H groups in total. The van der Waals surface area contributed by atoms with E-state index in [0.29, 0.717) is 0 Å². The Morgan fingerprint density at radius 3 is 2.00 bits per heavy atom. The van der Waals surface area contributed by atoms with E-state index in [2.05, 4.69) is 15.5 Å². The van der Waals surface area contributed by atoms with Gasteiger partial charge in [-0.3, -0.25) is 20.2 Å². The second-order valence-corrected chi connectivity index (χ2v) is 5.69. The molecule has 2 aromatic rings. The van der Waals surface area contributed by atoms with Crippen molar-refractivity contribution in [2.75, 3.05) is 11.9 Å². The monoisotopic (exact) mass is 337 g/mol. The number of carbonyl (C=O) groups excluding carboxylic acids is 2. The zero-order chi connectivity index (χ0) is 17.1. The number of hydrogen-bond donors (Lipinski definition) is 2. The first kappa shape index (κ1) is 15.9. The first-order valence-electron chi connectivity index (χ1n) is 7.32. The minimum atomic E-state index is -0.491. The van der Waals surface area contributed by atoms with Gasteiger partial charge in [0.25, 0.3) is 11.8 Å². The molecule has 24 heavy (non-hydrogen) atoms. The van der Waals surface area contributed by atoms with Gasteiger partial charge in [0, 0.05) is 18.4 Å². The van der Waals surface area contributed by atoms with Crippen molar-refractivity contribution in [3.05, 3.63) is 65.7 Å². The third-order valence-corrected chi connectivity index (χ3v) is 3.88. The Bertz CT molecular complexity index is 807. The maximum atomic E-state index is 11.8. The van der Waals surface area contributed by atoms with Crippen LogP contribution >= 0.6 is 12.2 Å². The molecule has 0 saturated carbocycles. The summed E-state index contributed by atoms with van der Waals surface area (Å²) in [5.41, 5.74) is 2.87. The predicted octanol–water partition coefficient (Wildman–Crippen LogP) is 2.37. The molecular weight excluding hydrogens is 322 g/mol. The molecular formula is C18H15N3O2S. The van der Waals surface area contributed by atoms with Gasteiger partial charge in [-0.05, 0) is 48.1 Å². The van der Waals surface area contributed by atoms with Gasteiger partial charge in [-0.1, -0.05) is 30.3 Å². The molecule has 0 unspecified atom stereocenters. The second kappa shape index (κ2) is 6.64. The number of carbonyl (C=O) groups is 2. The van der Waals surface area contributed by atoms with Crippen molar-refractivity contribution in [2.45, 2.75) is 0 Å². The van der Waals surface area contributed by atoms with Gasteiger partial charge < -0.3 is 4.90 Å². The molecule has 6 heteroatoms. The van der Waals surface area contributed by atoms with Crippen LogP contribution in [0.2, 0.25) is 0 Å². The molecule has 120 valence electrons. The number of rotatable bonds is 3. The lowest BCUT2D eigenvalue weighted by Gasteiger charge is -2.19. The number of nitrogens with zero attached hydrogens (tertiary/aromatic N) is 1. The summed E-state index contributed by atoms with van der Waals surface area (Å²) in [4.78, 5) is 25.7. The summed E-state index contributed by atoms with van der Waals surface area (Å²) in [6.07, 6.45) is 1.54. The quantitative estimate of drug-likeness (QED) is 0.513. The van der Waals surface area contributed by atoms with E-state index in [9.17, 15) is 9.59 Å². The highest BCUT2D eigenvalue weighted by Crippen LogP contribution is 2.24. The molecule has 0 spiro atoms. The highest BCUT2D eigenvalue weighted by molar-refractivity contribution is 7.80. The molecule has 1 heterocycles. The van der Waals surface area contributed by atoms with Gasteiger partial charge in [0.15, 0.2) is 5.11 Å². The number of anilines is 2. The molecule has 2 aromatic carbocycles. The third kappa shape index (κ3) is 3.33. The predicted molar refractivity (Wildman–Crippen MR) is 97.8 cm³/mol. The largest absolute Gasteiger partial charge is 0.345 e. The molecule has 3 rings (SSSR count). The summed E-state index contributed by atoms with van der Waals surface area (Å²) in [6.45, 7) is 0. The van der Waals surface area contributed by atoms with Crippen molar-refractivity contribution < 1.29 is 9.59 Å². The van der Waals surface area contributed by atoms with Crippen LogP contribution in [0.15, 0.2) is 60.2 Å². The van der Waals surface area contributed by atoms with Crippen LogP contribution in [-0.2, 0) is 9.59 Å². The van der Waals surface area contributed by atoms with E-state index >= 15 is 0 Å². The number of para-hydroxylation sites is 1. The minimum Gasteiger partial charge on any atom is -0.345 e. The minimum absolute atomic E-state index is 0.0296. The zero-order valence-corrected chi connectivity index (χ0v) is 13.8. The van der Waals surface area contributed by atoms with Crippen molar-refractivity contribution >= 4 is 46.6 Å². The molecule has 0 aliphatic carbocycles. The standard InChI is InChI=1S/C18H15N3O2S/c1-21(13-5-3-2-4-6-13)14-9-7-12(8-10-14)11-15-16(22)19-18(24)20-17(15)23/h2-11H,1H3,(H2,19,20,22,23,24).